The Labute approximate surface area is 302 Å². The van der Waals surface area contributed by atoms with Crippen LogP contribution in [0.5, 0.6) is 0 Å². The molecular weight excluding hydrogens is 583 g/mol. The summed E-state index contributed by atoms with van der Waals surface area (Å²) in [5.41, 5.74) is 0.907. The molecule has 2 nitrogen and oxygen atoms in total. The Bertz CT molecular complexity index is 746. The van der Waals surface area contributed by atoms with Crippen molar-refractivity contribution in [1.82, 2.24) is 0 Å². The van der Waals surface area contributed by atoms with Gasteiger partial charge in [0.05, 0.1) is 0 Å². The number of rotatable bonds is 39. The first-order valence-electron chi connectivity index (χ1n) is 22.2. The number of benzene rings is 1. The van der Waals surface area contributed by atoms with Crippen molar-refractivity contribution in [1.29, 1.82) is 0 Å². The lowest BCUT2D eigenvalue weighted by Gasteiger charge is -2.05. The Balaban J connectivity index is 1.63. The summed E-state index contributed by atoms with van der Waals surface area (Å²) in [7, 11) is 0. The molecule has 0 atom stereocenters. The van der Waals surface area contributed by atoms with Crippen LogP contribution in [0.4, 0.5) is 5.69 Å². The minimum atomic E-state index is 0.150. The molecule has 0 fully saturated rings. The molecule has 0 spiro atoms. The van der Waals surface area contributed by atoms with E-state index in [9.17, 15) is 4.79 Å². The van der Waals surface area contributed by atoms with Crippen molar-refractivity contribution < 1.29 is 4.79 Å². The van der Waals surface area contributed by atoms with E-state index in [4.69, 9.17) is 0 Å². The number of unbranched alkanes of at least 4 members (excludes halogenated alkanes) is 36. The smallest absolute Gasteiger partial charge is 0.224 e. The van der Waals surface area contributed by atoms with Gasteiger partial charge < -0.3 is 5.32 Å². The maximum absolute atomic E-state index is 12.0. The van der Waals surface area contributed by atoms with Crippen molar-refractivity contribution in [2.75, 3.05) is 5.32 Å². The first-order chi connectivity index (χ1) is 23.8. The first kappa shape index (κ1) is 44.7. The number of para-hydroxylation sites is 1. The van der Waals surface area contributed by atoms with Crippen LogP contribution in [0, 0.1) is 0 Å². The van der Waals surface area contributed by atoms with Gasteiger partial charge >= 0.3 is 0 Å². The fourth-order valence-electron chi connectivity index (χ4n) is 7.29. The van der Waals surface area contributed by atoms with Crippen molar-refractivity contribution in [3.05, 3.63) is 30.3 Å². The normalized spacial score (nSPS) is 11.4. The van der Waals surface area contributed by atoms with Crippen LogP contribution < -0.4 is 5.32 Å². The van der Waals surface area contributed by atoms with Gasteiger partial charge in [0.1, 0.15) is 0 Å². The Morgan fingerprint density at radius 2 is 0.583 bits per heavy atom. The number of carbonyl (C=O) groups is 1. The van der Waals surface area contributed by atoms with E-state index in [1.165, 1.54) is 231 Å². The molecule has 0 unspecified atom stereocenters. The van der Waals surface area contributed by atoms with E-state index in [2.05, 4.69) is 12.2 Å². The summed E-state index contributed by atoms with van der Waals surface area (Å²) in [5.74, 6) is 0.150. The molecule has 1 aromatic carbocycles. The molecule has 0 saturated carbocycles. The van der Waals surface area contributed by atoms with E-state index >= 15 is 0 Å². The molecule has 0 heterocycles. The van der Waals surface area contributed by atoms with Crippen LogP contribution >= 0.6 is 0 Å². The highest BCUT2D eigenvalue weighted by atomic mass is 16.1. The summed E-state index contributed by atoms with van der Waals surface area (Å²) >= 11 is 0. The second-order valence-corrected chi connectivity index (χ2v) is 15.4. The van der Waals surface area contributed by atoms with Crippen molar-refractivity contribution in [2.24, 2.45) is 0 Å². The predicted octanol–water partition coefficient (Wildman–Crippen LogP) is 16.5. The lowest BCUT2D eigenvalue weighted by atomic mass is 10.0. The Hall–Kier alpha value is -1.31. The van der Waals surface area contributed by atoms with Crippen molar-refractivity contribution in [3.8, 4) is 0 Å². The van der Waals surface area contributed by atoms with Gasteiger partial charge in [0, 0.05) is 12.1 Å². The van der Waals surface area contributed by atoms with Gasteiger partial charge in [-0.25, -0.2) is 0 Å². The second kappa shape index (κ2) is 38.5. The number of carbonyl (C=O) groups excluding carboxylic acids is 1. The van der Waals surface area contributed by atoms with E-state index in [-0.39, 0.29) is 5.91 Å². The van der Waals surface area contributed by atoms with Crippen LogP contribution in [0.2, 0.25) is 0 Å². The summed E-state index contributed by atoms with van der Waals surface area (Å²) in [5, 5.41) is 2.98. The van der Waals surface area contributed by atoms with Crippen molar-refractivity contribution >= 4 is 11.6 Å². The molecule has 1 rings (SSSR count). The van der Waals surface area contributed by atoms with Crippen LogP contribution in [0.3, 0.4) is 0 Å². The van der Waals surface area contributed by atoms with Crippen LogP contribution in [0.1, 0.15) is 251 Å². The molecule has 1 amide bonds. The molecule has 0 saturated heterocycles. The molecule has 1 aromatic rings. The maximum Gasteiger partial charge on any atom is 0.224 e. The lowest BCUT2D eigenvalue weighted by molar-refractivity contribution is -0.116. The number of hydrogen-bond donors (Lipinski definition) is 1. The van der Waals surface area contributed by atoms with Gasteiger partial charge in [0.2, 0.25) is 5.91 Å². The summed E-state index contributed by atoms with van der Waals surface area (Å²) in [6.07, 6.45) is 53.7. The van der Waals surface area contributed by atoms with Crippen LogP contribution in [0.25, 0.3) is 0 Å². The minimum Gasteiger partial charge on any atom is -0.326 e. The summed E-state index contributed by atoms with van der Waals surface area (Å²) in [6, 6.07) is 9.79. The van der Waals surface area contributed by atoms with Crippen molar-refractivity contribution in [2.45, 2.75) is 251 Å². The van der Waals surface area contributed by atoms with Crippen LogP contribution in [0.15, 0.2) is 30.3 Å². The van der Waals surface area contributed by atoms with E-state index in [1.807, 2.05) is 30.3 Å². The average Bonchev–Trinajstić information content (AvgIpc) is 3.10. The average molecular weight is 668 g/mol. The van der Waals surface area contributed by atoms with E-state index in [0.29, 0.717) is 6.42 Å². The Morgan fingerprint density at radius 1 is 0.354 bits per heavy atom. The predicted molar refractivity (Wildman–Crippen MR) is 216 cm³/mol. The molecule has 280 valence electrons. The third-order valence-corrected chi connectivity index (χ3v) is 10.6. The van der Waals surface area contributed by atoms with Gasteiger partial charge in [0.25, 0.3) is 0 Å². The molecule has 1 N–H and O–H groups in total. The van der Waals surface area contributed by atoms with Crippen LogP contribution in [-0.4, -0.2) is 5.91 Å². The van der Waals surface area contributed by atoms with E-state index < -0.39 is 0 Å². The lowest BCUT2D eigenvalue weighted by Crippen LogP contribution is -2.10. The van der Waals surface area contributed by atoms with Gasteiger partial charge in [-0.15, -0.1) is 0 Å². The minimum absolute atomic E-state index is 0.150. The first-order valence-corrected chi connectivity index (χ1v) is 22.2. The van der Waals surface area contributed by atoms with Gasteiger partial charge in [0.15, 0.2) is 0 Å². The monoisotopic (exact) mass is 668 g/mol. The third kappa shape index (κ3) is 34.5. The highest BCUT2D eigenvalue weighted by Gasteiger charge is 2.02. The van der Waals surface area contributed by atoms with E-state index in [1.54, 1.807) is 0 Å². The highest BCUT2D eigenvalue weighted by Crippen LogP contribution is 2.18. The van der Waals surface area contributed by atoms with Gasteiger partial charge in [-0.2, -0.15) is 0 Å². The number of amides is 1. The molecular formula is C46H85NO. The molecule has 48 heavy (non-hydrogen) atoms. The maximum atomic E-state index is 12.0. The molecule has 0 aromatic heterocycles. The van der Waals surface area contributed by atoms with Crippen LogP contribution in [-0.2, 0) is 4.79 Å². The number of hydrogen-bond acceptors (Lipinski definition) is 1. The molecule has 0 radical (unpaired) electrons. The molecule has 0 aliphatic rings. The summed E-state index contributed by atoms with van der Waals surface area (Å²) in [6.45, 7) is 2.31. The third-order valence-electron chi connectivity index (χ3n) is 10.6. The standard InChI is InChI=1S/C46H85NO/c1-2-3-4-5-6-7-8-9-10-11-12-13-14-15-16-17-18-19-20-21-22-23-24-25-26-27-28-29-30-31-32-33-34-35-36-37-41-44-46(48)47-45-42-39-38-40-43-45/h38-40,42-43H,2-37,41,44H2,1H3,(H,47,48). The fourth-order valence-corrected chi connectivity index (χ4v) is 7.29. The van der Waals surface area contributed by atoms with Gasteiger partial charge in [-0.3, -0.25) is 4.79 Å². The molecule has 2 heteroatoms. The quantitative estimate of drug-likeness (QED) is 0.0696. The molecule has 0 aliphatic heterocycles. The zero-order chi connectivity index (χ0) is 34.3. The SMILES string of the molecule is CCCCCCCCCCCCCCCCCCCCCCCCCCCCCCCCCCCCCCCC(=O)Nc1ccccc1. The van der Waals surface area contributed by atoms with Gasteiger partial charge in [-0.05, 0) is 18.6 Å². The summed E-state index contributed by atoms with van der Waals surface area (Å²) < 4.78 is 0. The Morgan fingerprint density at radius 3 is 0.833 bits per heavy atom. The van der Waals surface area contributed by atoms with Gasteiger partial charge in [-0.1, -0.05) is 256 Å². The van der Waals surface area contributed by atoms with Crippen molar-refractivity contribution in [3.63, 3.8) is 0 Å². The molecule has 0 aliphatic carbocycles. The fraction of sp³-hybridized carbons (Fsp3) is 0.848. The Kier molecular flexibility index (Phi) is 35.9. The largest absolute Gasteiger partial charge is 0.326 e. The highest BCUT2D eigenvalue weighted by molar-refractivity contribution is 5.90. The topological polar surface area (TPSA) is 29.1 Å². The number of anilines is 1. The zero-order valence-electron chi connectivity index (χ0n) is 32.7. The zero-order valence-corrected chi connectivity index (χ0v) is 32.7. The van der Waals surface area contributed by atoms with E-state index in [0.717, 1.165) is 12.1 Å². The number of nitrogens with one attached hydrogen (secondary N) is 1. The molecule has 0 bridgehead atoms. The second-order valence-electron chi connectivity index (χ2n) is 15.4. The summed E-state index contributed by atoms with van der Waals surface area (Å²) in [4.78, 5) is 12.0.